The average Bonchev–Trinajstić information content (AvgIpc) is 3.22. The zero-order valence-corrected chi connectivity index (χ0v) is 17.1. The van der Waals surface area contributed by atoms with Gasteiger partial charge in [-0.15, -0.1) is 0 Å². The molecule has 29 heavy (non-hydrogen) atoms. The van der Waals surface area contributed by atoms with E-state index in [1.165, 1.54) is 6.07 Å². The lowest BCUT2D eigenvalue weighted by atomic mass is 10.1. The van der Waals surface area contributed by atoms with Gasteiger partial charge in [0.2, 0.25) is 5.91 Å². The summed E-state index contributed by atoms with van der Waals surface area (Å²) in [6, 6.07) is 12.8. The van der Waals surface area contributed by atoms with Crippen LogP contribution in [0, 0.1) is 12.7 Å². The van der Waals surface area contributed by atoms with Crippen LogP contribution in [0.2, 0.25) is 0 Å². The van der Waals surface area contributed by atoms with Crippen molar-refractivity contribution in [1.82, 2.24) is 10.2 Å². The van der Waals surface area contributed by atoms with Crippen LogP contribution in [-0.2, 0) is 22.6 Å². The van der Waals surface area contributed by atoms with Crippen molar-refractivity contribution in [2.24, 2.45) is 0 Å². The molecule has 1 atom stereocenters. The number of methoxy groups -OCH3 is 1. The number of halogens is 1. The fourth-order valence-electron chi connectivity index (χ4n) is 3.54. The van der Waals surface area contributed by atoms with E-state index in [0.29, 0.717) is 25.2 Å². The highest BCUT2D eigenvalue weighted by Crippen LogP contribution is 2.21. The number of hydrogen-bond donors (Lipinski definition) is 1. The summed E-state index contributed by atoms with van der Waals surface area (Å²) >= 11 is 0. The molecule has 1 aliphatic heterocycles. The Labute approximate surface area is 171 Å². The van der Waals surface area contributed by atoms with E-state index >= 15 is 0 Å². The first kappa shape index (κ1) is 21.3. The minimum atomic E-state index is -0.257. The van der Waals surface area contributed by atoms with Crippen molar-refractivity contribution in [3.63, 3.8) is 0 Å². The quantitative estimate of drug-likeness (QED) is 0.701. The van der Waals surface area contributed by atoms with E-state index < -0.39 is 0 Å². The summed E-state index contributed by atoms with van der Waals surface area (Å²) in [6.07, 6.45) is 2.20. The Hall–Kier alpha value is -2.44. The van der Waals surface area contributed by atoms with Crippen LogP contribution in [0.1, 0.15) is 29.5 Å². The number of rotatable bonds is 9. The summed E-state index contributed by atoms with van der Waals surface area (Å²) in [7, 11) is 1.65. The van der Waals surface area contributed by atoms with E-state index in [1.807, 2.05) is 30.3 Å². The zero-order valence-electron chi connectivity index (χ0n) is 17.1. The number of ether oxygens (including phenoxy) is 2. The molecule has 3 rings (SSSR count). The molecule has 1 saturated heterocycles. The minimum absolute atomic E-state index is 0.0983. The number of aryl methyl sites for hydroxylation is 1. The number of carbonyl (C=O) groups is 1. The number of nitrogens with one attached hydrogen (secondary N) is 1. The molecule has 0 spiro atoms. The number of benzene rings is 2. The summed E-state index contributed by atoms with van der Waals surface area (Å²) < 4.78 is 24.9. The van der Waals surface area contributed by atoms with Crippen LogP contribution in [0.5, 0.6) is 5.75 Å². The van der Waals surface area contributed by atoms with Gasteiger partial charge in [0, 0.05) is 31.8 Å². The van der Waals surface area contributed by atoms with Crippen LogP contribution in [0.3, 0.4) is 0 Å². The van der Waals surface area contributed by atoms with Gasteiger partial charge in [0.25, 0.3) is 0 Å². The SMILES string of the molecule is COc1ccccc1CN(CC(=O)NCc1ccc(C)c(F)c1)CC1CCCO1. The summed E-state index contributed by atoms with van der Waals surface area (Å²) in [5.41, 5.74) is 2.37. The molecular formula is C23H29FN2O3. The lowest BCUT2D eigenvalue weighted by molar-refractivity contribution is -0.122. The Morgan fingerprint density at radius 1 is 1.31 bits per heavy atom. The Morgan fingerprint density at radius 2 is 2.14 bits per heavy atom. The summed E-state index contributed by atoms with van der Waals surface area (Å²) in [5.74, 6) is 0.451. The van der Waals surface area contributed by atoms with Crippen molar-refractivity contribution < 1.29 is 18.7 Å². The Bertz CT molecular complexity index is 822. The molecule has 0 aromatic heterocycles. The first-order valence-electron chi connectivity index (χ1n) is 10.0. The maximum absolute atomic E-state index is 13.7. The van der Waals surface area contributed by atoms with E-state index in [-0.39, 0.29) is 24.4 Å². The molecule has 1 aliphatic rings. The van der Waals surface area contributed by atoms with Gasteiger partial charge < -0.3 is 14.8 Å². The number of amides is 1. The summed E-state index contributed by atoms with van der Waals surface area (Å²) in [4.78, 5) is 14.7. The van der Waals surface area contributed by atoms with E-state index in [2.05, 4.69) is 10.2 Å². The second-order valence-electron chi connectivity index (χ2n) is 7.48. The van der Waals surface area contributed by atoms with Gasteiger partial charge in [-0.05, 0) is 43.0 Å². The van der Waals surface area contributed by atoms with Crippen LogP contribution in [-0.4, -0.2) is 43.7 Å². The first-order valence-corrected chi connectivity index (χ1v) is 10.0. The second kappa shape index (κ2) is 10.4. The second-order valence-corrected chi connectivity index (χ2v) is 7.48. The van der Waals surface area contributed by atoms with E-state index in [0.717, 1.165) is 36.3 Å². The van der Waals surface area contributed by atoms with Crippen molar-refractivity contribution in [3.05, 3.63) is 65.0 Å². The largest absolute Gasteiger partial charge is 0.496 e. The Balaban J connectivity index is 1.61. The number of nitrogens with zero attached hydrogens (tertiary/aromatic N) is 1. The third-order valence-corrected chi connectivity index (χ3v) is 5.17. The highest BCUT2D eigenvalue weighted by Gasteiger charge is 2.22. The maximum atomic E-state index is 13.7. The molecule has 6 heteroatoms. The topological polar surface area (TPSA) is 50.8 Å². The molecule has 0 bridgehead atoms. The predicted molar refractivity (Wildman–Crippen MR) is 110 cm³/mol. The Kier molecular flexibility index (Phi) is 7.61. The van der Waals surface area contributed by atoms with Crippen molar-refractivity contribution in [1.29, 1.82) is 0 Å². The fraction of sp³-hybridized carbons (Fsp3) is 0.435. The summed E-state index contributed by atoms with van der Waals surface area (Å²) in [5, 5.41) is 2.90. The first-order chi connectivity index (χ1) is 14.0. The molecule has 0 aliphatic carbocycles. The number of hydrogen-bond acceptors (Lipinski definition) is 4. The smallest absolute Gasteiger partial charge is 0.234 e. The molecule has 0 saturated carbocycles. The maximum Gasteiger partial charge on any atom is 0.234 e. The van der Waals surface area contributed by atoms with Gasteiger partial charge in [0.05, 0.1) is 19.8 Å². The highest BCUT2D eigenvalue weighted by atomic mass is 19.1. The van der Waals surface area contributed by atoms with Crippen molar-refractivity contribution >= 4 is 5.91 Å². The number of para-hydroxylation sites is 1. The lowest BCUT2D eigenvalue weighted by Gasteiger charge is -2.25. The molecule has 0 radical (unpaired) electrons. The zero-order chi connectivity index (χ0) is 20.6. The van der Waals surface area contributed by atoms with Crippen LogP contribution < -0.4 is 10.1 Å². The Morgan fingerprint density at radius 3 is 2.86 bits per heavy atom. The molecule has 2 aromatic rings. The van der Waals surface area contributed by atoms with Crippen LogP contribution >= 0.6 is 0 Å². The van der Waals surface area contributed by atoms with E-state index in [1.54, 1.807) is 20.1 Å². The molecule has 1 fully saturated rings. The normalized spacial score (nSPS) is 16.2. The van der Waals surface area contributed by atoms with Gasteiger partial charge >= 0.3 is 0 Å². The molecule has 5 nitrogen and oxygen atoms in total. The van der Waals surface area contributed by atoms with Gasteiger partial charge in [-0.25, -0.2) is 4.39 Å². The molecule has 156 valence electrons. The average molecular weight is 400 g/mol. The van der Waals surface area contributed by atoms with Crippen molar-refractivity contribution in [2.75, 3.05) is 26.8 Å². The summed E-state index contributed by atoms with van der Waals surface area (Å²) in [6.45, 7) is 4.32. The van der Waals surface area contributed by atoms with Crippen LogP contribution in [0.15, 0.2) is 42.5 Å². The molecule has 1 unspecified atom stereocenters. The highest BCUT2D eigenvalue weighted by molar-refractivity contribution is 5.78. The van der Waals surface area contributed by atoms with Crippen LogP contribution in [0.25, 0.3) is 0 Å². The van der Waals surface area contributed by atoms with Crippen LogP contribution in [0.4, 0.5) is 4.39 Å². The fourth-order valence-corrected chi connectivity index (χ4v) is 3.54. The predicted octanol–water partition coefficient (Wildman–Crippen LogP) is 3.44. The van der Waals surface area contributed by atoms with E-state index in [9.17, 15) is 9.18 Å². The molecule has 1 N–H and O–H groups in total. The third-order valence-electron chi connectivity index (χ3n) is 5.17. The molecule has 2 aromatic carbocycles. The van der Waals surface area contributed by atoms with Gasteiger partial charge in [0.1, 0.15) is 11.6 Å². The molecule has 1 heterocycles. The minimum Gasteiger partial charge on any atom is -0.496 e. The van der Waals surface area contributed by atoms with Gasteiger partial charge in [0.15, 0.2) is 0 Å². The lowest BCUT2D eigenvalue weighted by Crippen LogP contribution is -2.40. The molecular weight excluding hydrogens is 371 g/mol. The standard InChI is InChI=1S/C23H29FN2O3/c1-17-9-10-18(12-21(17)24)13-25-23(27)16-26(15-20-7-5-11-29-20)14-19-6-3-4-8-22(19)28-2/h3-4,6,8-10,12,20H,5,7,11,13-16H2,1-2H3,(H,25,27). The van der Waals surface area contributed by atoms with Gasteiger partial charge in [-0.1, -0.05) is 30.3 Å². The van der Waals surface area contributed by atoms with Gasteiger partial charge in [-0.3, -0.25) is 9.69 Å². The van der Waals surface area contributed by atoms with E-state index in [4.69, 9.17) is 9.47 Å². The monoisotopic (exact) mass is 400 g/mol. The molecule has 1 amide bonds. The third kappa shape index (κ3) is 6.27. The van der Waals surface area contributed by atoms with Crippen molar-refractivity contribution in [2.45, 2.75) is 39.0 Å². The number of carbonyl (C=O) groups excluding carboxylic acids is 1. The van der Waals surface area contributed by atoms with Crippen molar-refractivity contribution in [3.8, 4) is 5.75 Å². The van der Waals surface area contributed by atoms with Gasteiger partial charge in [-0.2, -0.15) is 0 Å².